The number of nitrogen functional groups attached to an aromatic ring is 1. The Hall–Kier alpha value is -1.87. The summed E-state index contributed by atoms with van der Waals surface area (Å²) in [5.41, 5.74) is 6.17. The molecule has 9 heteroatoms. The van der Waals surface area contributed by atoms with Gasteiger partial charge in [-0.15, -0.1) is 0 Å². The highest BCUT2D eigenvalue weighted by molar-refractivity contribution is 7.89. The van der Waals surface area contributed by atoms with E-state index in [4.69, 9.17) is 5.73 Å². The van der Waals surface area contributed by atoms with Crippen LogP contribution < -0.4 is 10.5 Å². The van der Waals surface area contributed by atoms with E-state index in [-0.39, 0.29) is 17.3 Å². The summed E-state index contributed by atoms with van der Waals surface area (Å²) in [7, 11) is -2.05. The summed E-state index contributed by atoms with van der Waals surface area (Å²) < 4.78 is 27.5. The van der Waals surface area contributed by atoms with Crippen molar-refractivity contribution in [3.05, 3.63) is 24.2 Å². The van der Waals surface area contributed by atoms with Crippen molar-refractivity contribution < 1.29 is 8.42 Å². The summed E-state index contributed by atoms with van der Waals surface area (Å²) in [5.74, 6) is -0.0235. The second-order valence-electron chi connectivity index (χ2n) is 3.46. The van der Waals surface area contributed by atoms with Gasteiger partial charge in [0.05, 0.1) is 12.2 Å². The van der Waals surface area contributed by atoms with Gasteiger partial charge < -0.3 is 5.73 Å². The van der Waals surface area contributed by atoms with Crippen molar-refractivity contribution in [3.8, 4) is 0 Å². The van der Waals surface area contributed by atoms with E-state index in [0.717, 1.165) is 0 Å². The van der Waals surface area contributed by atoms with Gasteiger partial charge in [0.25, 0.3) is 0 Å². The Morgan fingerprint density at radius 3 is 2.88 bits per heavy atom. The van der Waals surface area contributed by atoms with Crippen LogP contribution >= 0.6 is 0 Å². The summed E-state index contributed by atoms with van der Waals surface area (Å²) in [6, 6.07) is 1.68. The third kappa shape index (κ3) is 2.45. The van der Waals surface area contributed by atoms with E-state index >= 15 is 0 Å². The van der Waals surface area contributed by atoms with Crippen LogP contribution in [0, 0.1) is 0 Å². The van der Waals surface area contributed by atoms with Gasteiger partial charge in [-0.3, -0.25) is 9.78 Å². The molecule has 0 saturated heterocycles. The van der Waals surface area contributed by atoms with E-state index < -0.39 is 10.0 Å². The number of aromatic amines is 1. The molecular weight excluding hydrogens is 244 g/mol. The van der Waals surface area contributed by atoms with E-state index in [9.17, 15) is 8.42 Å². The van der Waals surface area contributed by atoms with Gasteiger partial charge in [-0.05, 0) is 6.07 Å². The number of aromatic nitrogens is 4. The minimum Gasteiger partial charge on any atom is -0.381 e. The maximum Gasteiger partial charge on any atom is 0.246 e. The lowest BCUT2D eigenvalue weighted by Crippen LogP contribution is -2.23. The Morgan fingerprint density at radius 1 is 1.59 bits per heavy atom. The zero-order valence-corrected chi connectivity index (χ0v) is 9.90. The molecule has 92 valence electrons. The van der Waals surface area contributed by atoms with Crippen LogP contribution in [0.3, 0.4) is 0 Å². The number of aryl methyl sites for hydroxylation is 1. The van der Waals surface area contributed by atoms with Gasteiger partial charge in [-0.2, -0.15) is 10.2 Å². The Morgan fingerprint density at radius 2 is 2.35 bits per heavy atom. The van der Waals surface area contributed by atoms with Crippen LogP contribution in [0.25, 0.3) is 0 Å². The molecule has 0 unspecified atom stereocenters. The fourth-order valence-electron chi connectivity index (χ4n) is 1.32. The van der Waals surface area contributed by atoms with Crippen molar-refractivity contribution in [3.63, 3.8) is 0 Å². The third-order valence-electron chi connectivity index (χ3n) is 2.12. The van der Waals surface area contributed by atoms with E-state index in [1.54, 1.807) is 19.3 Å². The predicted molar refractivity (Wildman–Crippen MR) is 60.2 cm³/mol. The first kappa shape index (κ1) is 11.6. The van der Waals surface area contributed by atoms with Crippen LogP contribution in [0.4, 0.5) is 5.82 Å². The van der Waals surface area contributed by atoms with Crippen molar-refractivity contribution >= 4 is 15.8 Å². The van der Waals surface area contributed by atoms with Crippen LogP contribution in [0.15, 0.2) is 23.4 Å². The van der Waals surface area contributed by atoms with Gasteiger partial charge in [0.15, 0.2) is 5.82 Å². The molecule has 0 fully saturated rings. The van der Waals surface area contributed by atoms with Crippen molar-refractivity contribution in [2.45, 2.75) is 11.4 Å². The number of H-pyrrole nitrogens is 1. The SMILES string of the molecule is Cn1cc(S(=O)(=O)NCc2ccn[nH]2)c(N)n1. The minimum atomic E-state index is -3.65. The Labute approximate surface area is 97.9 Å². The summed E-state index contributed by atoms with van der Waals surface area (Å²) in [4.78, 5) is -0.0282. The number of nitrogens with two attached hydrogens (primary N) is 1. The molecule has 0 spiro atoms. The highest BCUT2D eigenvalue weighted by Crippen LogP contribution is 2.15. The Balaban J connectivity index is 2.17. The molecule has 8 nitrogen and oxygen atoms in total. The first-order chi connectivity index (χ1) is 7.99. The molecule has 0 amide bonds. The average molecular weight is 256 g/mol. The Bertz CT molecular complexity index is 600. The van der Waals surface area contributed by atoms with Crippen molar-refractivity contribution in [2.24, 2.45) is 7.05 Å². The van der Waals surface area contributed by atoms with E-state index in [0.29, 0.717) is 5.69 Å². The molecule has 0 atom stereocenters. The molecule has 2 heterocycles. The number of rotatable bonds is 4. The maximum absolute atomic E-state index is 11.9. The number of hydrogen-bond donors (Lipinski definition) is 3. The Kier molecular flexibility index (Phi) is 2.86. The standard InChI is InChI=1S/C8H12N6O2S/c1-14-5-7(8(9)13-14)17(15,16)11-4-6-2-3-10-12-6/h2-3,5,11H,4H2,1H3,(H2,9,13)(H,10,12). The second kappa shape index (κ2) is 4.18. The zero-order valence-electron chi connectivity index (χ0n) is 9.08. The molecule has 2 aromatic rings. The van der Waals surface area contributed by atoms with Gasteiger partial charge in [0.1, 0.15) is 4.90 Å². The van der Waals surface area contributed by atoms with Crippen molar-refractivity contribution in [1.82, 2.24) is 24.7 Å². The molecule has 0 saturated carbocycles. The summed E-state index contributed by atoms with van der Waals surface area (Å²) in [6.07, 6.45) is 2.90. The number of nitrogens with one attached hydrogen (secondary N) is 2. The third-order valence-corrected chi connectivity index (χ3v) is 3.54. The van der Waals surface area contributed by atoms with Crippen molar-refractivity contribution in [2.75, 3.05) is 5.73 Å². The molecule has 0 aliphatic heterocycles. The summed E-state index contributed by atoms with van der Waals surface area (Å²) in [6.45, 7) is 0.122. The first-order valence-corrected chi connectivity index (χ1v) is 6.24. The van der Waals surface area contributed by atoms with Gasteiger partial charge in [-0.1, -0.05) is 0 Å². The number of anilines is 1. The highest BCUT2D eigenvalue weighted by Gasteiger charge is 2.20. The average Bonchev–Trinajstić information content (AvgIpc) is 2.85. The van der Waals surface area contributed by atoms with Gasteiger partial charge in [-0.25, -0.2) is 13.1 Å². The topological polar surface area (TPSA) is 119 Å². The quantitative estimate of drug-likeness (QED) is 0.662. The van der Waals surface area contributed by atoms with Gasteiger partial charge in [0, 0.05) is 19.4 Å². The summed E-state index contributed by atoms with van der Waals surface area (Å²) in [5, 5.41) is 10.1. The van der Waals surface area contributed by atoms with E-state index in [1.807, 2.05) is 0 Å². The van der Waals surface area contributed by atoms with Crippen LogP contribution in [0.2, 0.25) is 0 Å². The van der Waals surface area contributed by atoms with Gasteiger partial charge >= 0.3 is 0 Å². The molecule has 0 aliphatic carbocycles. The molecule has 2 aromatic heterocycles. The largest absolute Gasteiger partial charge is 0.381 e. The number of sulfonamides is 1. The van der Waals surface area contributed by atoms with Crippen molar-refractivity contribution in [1.29, 1.82) is 0 Å². The number of nitrogens with zero attached hydrogens (tertiary/aromatic N) is 3. The smallest absolute Gasteiger partial charge is 0.246 e. The lowest BCUT2D eigenvalue weighted by atomic mass is 10.4. The van der Waals surface area contributed by atoms with Crippen LogP contribution in [0.5, 0.6) is 0 Å². The predicted octanol–water partition coefficient (Wildman–Crippen LogP) is -0.796. The lowest BCUT2D eigenvalue weighted by molar-refractivity contribution is 0.580. The fourth-order valence-corrected chi connectivity index (χ4v) is 2.43. The molecule has 0 aliphatic rings. The molecule has 4 N–H and O–H groups in total. The van der Waals surface area contributed by atoms with E-state index in [2.05, 4.69) is 20.0 Å². The molecular formula is C8H12N6O2S. The van der Waals surface area contributed by atoms with Crippen LogP contribution in [-0.4, -0.2) is 28.4 Å². The molecule has 0 bridgehead atoms. The normalized spacial score (nSPS) is 11.8. The number of hydrogen-bond acceptors (Lipinski definition) is 5. The highest BCUT2D eigenvalue weighted by atomic mass is 32.2. The first-order valence-electron chi connectivity index (χ1n) is 4.76. The monoisotopic (exact) mass is 256 g/mol. The van der Waals surface area contributed by atoms with Crippen LogP contribution in [0.1, 0.15) is 5.69 Å². The molecule has 0 radical (unpaired) electrons. The maximum atomic E-state index is 11.9. The van der Waals surface area contributed by atoms with E-state index in [1.165, 1.54) is 10.9 Å². The lowest BCUT2D eigenvalue weighted by Gasteiger charge is -2.03. The molecule has 0 aromatic carbocycles. The summed E-state index contributed by atoms with van der Waals surface area (Å²) >= 11 is 0. The second-order valence-corrected chi connectivity index (χ2v) is 5.19. The molecule has 2 rings (SSSR count). The zero-order chi connectivity index (χ0) is 12.5. The van der Waals surface area contributed by atoms with Crippen LogP contribution in [-0.2, 0) is 23.6 Å². The molecule has 17 heavy (non-hydrogen) atoms. The fraction of sp³-hybridized carbons (Fsp3) is 0.250. The van der Waals surface area contributed by atoms with Gasteiger partial charge in [0.2, 0.25) is 10.0 Å². The minimum absolute atomic E-state index is 0.0235.